The topological polar surface area (TPSA) is 24.9 Å². The van der Waals surface area contributed by atoms with Crippen LogP contribution in [0.25, 0.3) is 0 Å². The lowest BCUT2D eigenvalue weighted by molar-refractivity contribution is 0.118. The van der Waals surface area contributed by atoms with Gasteiger partial charge in [0, 0.05) is 5.38 Å². The van der Waals surface area contributed by atoms with Crippen LogP contribution in [0.5, 0.6) is 0 Å². The van der Waals surface area contributed by atoms with Crippen molar-refractivity contribution in [3.05, 3.63) is 16.1 Å². The first kappa shape index (κ1) is 16.0. The van der Waals surface area contributed by atoms with Gasteiger partial charge in [0.1, 0.15) is 5.01 Å². The molecule has 1 saturated carbocycles. The molecule has 0 spiro atoms. The second-order valence-electron chi connectivity index (χ2n) is 7.44. The molecule has 0 bridgehead atoms. The van der Waals surface area contributed by atoms with Crippen molar-refractivity contribution < 1.29 is 0 Å². The maximum Gasteiger partial charge on any atom is 0.113 e. The van der Waals surface area contributed by atoms with Gasteiger partial charge in [-0.05, 0) is 43.6 Å². The molecular weight excluding hydrogens is 264 g/mol. The highest BCUT2D eigenvalue weighted by molar-refractivity contribution is 7.09. The smallest absolute Gasteiger partial charge is 0.113 e. The first-order chi connectivity index (χ1) is 9.38. The molecule has 3 heteroatoms. The van der Waals surface area contributed by atoms with E-state index in [4.69, 9.17) is 4.98 Å². The number of hydrogen-bond acceptors (Lipinski definition) is 3. The average molecular weight is 295 g/mol. The lowest BCUT2D eigenvalue weighted by Crippen LogP contribution is -2.48. The average Bonchev–Trinajstić information content (AvgIpc) is 2.85. The fourth-order valence-electron chi connectivity index (χ4n) is 3.41. The molecule has 1 unspecified atom stereocenters. The van der Waals surface area contributed by atoms with Crippen molar-refractivity contribution in [2.24, 2.45) is 5.41 Å². The molecule has 0 amide bonds. The van der Waals surface area contributed by atoms with E-state index in [-0.39, 0.29) is 5.54 Å². The van der Waals surface area contributed by atoms with E-state index >= 15 is 0 Å². The van der Waals surface area contributed by atoms with E-state index in [0.29, 0.717) is 11.3 Å². The molecule has 1 aliphatic carbocycles. The molecule has 0 radical (unpaired) electrons. The summed E-state index contributed by atoms with van der Waals surface area (Å²) in [7, 11) is 0. The predicted molar refractivity (Wildman–Crippen MR) is 88.4 cm³/mol. The molecule has 1 heterocycles. The molecule has 2 nitrogen and oxygen atoms in total. The second kappa shape index (κ2) is 6.15. The van der Waals surface area contributed by atoms with Crippen molar-refractivity contribution in [3.8, 4) is 0 Å². The molecule has 1 fully saturated rings. The summed E-state index contributed by atoms with van der Waals surface area (Å²) in [5.74, 6) is 0.528. The zero-order chi connectivity index (χ0) is 14.8. The van der Waals surface area contributed by atoms with Gasteiger partial charge in [0.05, 0.1) is 11.2 Å². The summed E-state index contributed by atoms with van der Waals surface area (Å²) in [5.41, 5.74) is 1.80. The standard InChI is InChI=1S/C17H30N2S/c1-6-10-18-17(9-7-8-16(4,5)12-17)15-19-14(11-20-15)13(2)3/h11,13,18H,6-10,12H2,1-5H3. The highest BCUT2D eigenvalue weighted by Crippen LogP contribution is 2.47. The van der Waals surface area contributed by atoms with Gasteiger partial charge in [0.2, 0.25) is 0 Å². The third-order valence-electron chi connectivity index (χ3n) is 4.47. The number of hydrogen-bond donors (Lipinski definition) is 1. The van der Waals surface area contributed by atoms with E-state index in [1.54, 1.807) is 0 Å². The van der Waals surface area contributed by atoms with Crippen LogP contribution in [0, 0.1) is 5.41 Å². The van der Waals surface area contributed by atoms with E-state index in [1.165, 1.54) is 42.8 Å². The summed E-state index contributed by atoms with van der Waals surface area (Å²) in [4.78, 5) is 4.98. The molecule has 114 valence electrons. The van der Waals surface area contributed by atoms with Crippen molar-refractivity contribution in [1.82, 2.24) is 10.3 Å². The normalized spacial score (nSPS) is 26.1. The Hall–Kier alpha value is -0.410. The Kier molecular flexibility index (Phi) is 4.91. The van der Waals surface area contributed by atoms with Gasteiger partial charge in [0.15, 0.2) is 0 Å². The molecule has 1 aliphatic rings. The Bertz CT molecular complexity index is 436. The summed E-state index contributed by atoms with van der Waals surface area (Å²) < 4.78 is 0. The molecule has 1 N–H and O–H groups in total. The molecule has 0 aliphatic heterocycles. The van der Waals surface area contributed by atoms with E-state index in [2.05, 4.69) is 45.3 Å². The van der Waals surface area contributed by atoms with E-state index in [1.807, 2.05) is 11.3 Å². The Labute approximate surface area is 128 Å². The van der Waals surface area contributed by atoms with Gasteiger partial charge in [0.25, 0.3) is 0 Å². The number of thiazole rings is 1. The first-order valence-electron chi connectivity index (χ1n) is 8.09. The minimum atomic E-state index is 0.121. The lowest BCUT2D eigenvalue weighted by Gasteiger charge is -2.44. The third-order valence-corrected chi connectivity index (χ3v) is 5.54. The summed E-state index contributed by atoms with van der Waals surface area (Å²) in [6.45, 7) is 12.6. The van der Waals surface area contributed by atoms with Crippen LogP contribution < -0.4 is 5.32 Å². The highest BCUT2D eigenvalue weighted by Gasteiger charge is 2.42. The van der Waals surface area contributed by atoms with Crippen LogP contribution in [0.2, 0.25) is 0 Å². The molecule has 1 aromatic heterocycles. The van der Waals surface area contributed by atoms with Crippen LogP contribution in [-0.4, -0.2) is 11.5 Å². The monoisotopic (exact) mass is 294 g/mol. The lowest BCUT2D eigenvalue weighted by atomic mass is 9.68. The van der Waals surface area contributed by atoms with E-state index in [0.717, 1.165) is 6.54 Å². The predicted octanol–water partition coefficient (Wildman–Crippen LogP) is 5.06. The molecule has 20 heavy (non-hydrogen) atoms. The van der Waals surface area contributed by atoms with Gasteiger partial charge in [-0.25, -0.2) is 4.98 Å². The van der Waals surface area contributed by atoms with E-state index in [9.17, 15) is 0 Å². The quantitative estimate of drug-likeness (QED) is 0.821. The van der Waals surface area contributed by atoms with Crippen molar-refractivity contribution in [2.75, 3.05) is 6.54 Å². The van der Waals surface area contributed by atoms with Gasteiger partial charge < -0.3 is 5.32 Å². The summed E-state index contributed by atoms with van der Waals surface area (Å²) in [6, 6.07) is 0. The second-order valence-corrected chi connectivity index (χ2v) is 8.29. The van der Waals surface area contributed by atoms with Gasteiger partial charge in [-0.3, -0.25) is 0 Å². The Balaban J connectivity index is 2.30. The van der Waals surface area contributed by atoms with Crippen LogP contribution in [0.4, 0.5) is 0 Å². The minimum Gasteiger partial charge on any atom is -0.305 e. The summed E-state index contributed by atoms with van der Waals surface area (Å²) in [6.07, 6.45) is 6.28. The minimum absolute atomic E-state index is 0.121. The molecule has 2 rings (SSSR count). The molecule has 0 saturated heterocycles. The molecular formula is C17H30N2S. The van der Waals surface area contributed by atoms with Crippen molar-refractivity contribution in [1.29, 1.82) is 0 Å². The van der Waals surface area contributed by atoms with Crippen LogP contribution in [0.15, 0.2) is 5.38 Å². The van der Waals surface area contributed by atoms with Gasteiger partial charge in [-0.1, -0.05) is 41.0 Å². The summed E-state index contributed by atoms with van der Waals surface area (Å²) in [5, 5.41) is 7.44. The fraction of sp³-hybridized carbons (Fsp3) is 0.824. The zero-order valence-electron chi connectivity index (χ0n) is 13.8. The number of aromatic nitrogens is 1. The Morgan fingerprint density at radius 1 is 1.35 bits per heavy atom. The maximum absolute atomic E-state index is 4.98. The van der Waals surface area contributed by atoms with Crippen LogP contribution in [-0.2, 0) is 5.54 Å². The first-order valence-corrected chi connectivity index (χ1v) is 8.97. The zero-order valence-corrected chi connectivity index (χ0v) is 14.6. The highest BCUT2D eigenvalue weighted by atomic mass is 32.1. The Morgan fingerprint density at radius 3 is 2.65 bits per heavy atom. The maximum atomic E-state index is 4.98. The largest absolute Gasteiger partial charge is 0.305 e. The van der Waals surface area contributed by atoms with Crippen LogP contribution >= 0.6 is 11.3 Å². The molecule has 1 aromatic rings. The van der Waals surface area contributed by atoms with Crippen molar-refractivity contribution >= 4 is 11.3 Å². The van der Waals surface area contributed by atoms with Gasteiger partial charge in [-0.15, -0.1) is 11.3 Å². The summed E-state index contributed by atoms with van der Waals surface area (Å²) >= 11 is 1.86. The van der Waals surface area contributed by atoms with Crippen molar-refractivity contribution in [3.63, 3.8) is 0 Å². The fourth-order valence-corrected chi connectivity index (χ4v) is 4.59. The van der Waals surface area contributed by atoms with Crippen LogP contribution in [0.1, 0.15) is 83.3 Å². The molecule has 0 aromatic carbocycles. The SMILES string of the molecule is CCCNC1(c2nc(C(C)C)cs2)CCCC(C)(C)C1. The van der Waals surface area contributed by atoms with Crippen molar-refractivity contribution in [2.45, 2.75) is 78.2 Å². The van der Waals surface area contributed by atoms with Gasteiger partial charge >= 0.3 is 0 Å². The van der Waals surface area contributed by atoms with Crippen LogP contribution in [0.3, 0.4) is 0 Å². The Morgan fingerprint density at radius 2 is 2.10 bits per heavy atom. The number of nitrogens with zero attached hydrogens (tertiary/aromatic N) is 1. The molecule has 1 atom stereocenters. The number of nitrogens with one attached hydrogen (secondary N) is 1. The number of rotatable bonds is 5. The van der Waals surface area contributed by atoms with Gasteiger partial charge in [-0.2, -0.15) is 0 Å². The third kappa shape index (κ3) is 3.43. The van der Waals surface area contributed by atoms with E-state index < -0.39 is 0 Å².